The quantitative estimate of drug-likeness (QED) is 0.275. The van der Waals surface area contributed by atoms with Crippen molar-refractivity contribution in [3.8, 4) is 0 Å². The van der Waals surface area contributed by atoms with Crippen LogP contribution in [0.5, 0.6) is 0 Å². The molecule has 2 rings (SSSR count). The van der Waals surface area contributed by atoms with Gasteiger partial charge in [-0.25, -0.2) is 4.63 Å². The fourth-order valence-corrected chi connectivity index (χ4v) is 1.67. The summed E-state index contributed by atoms with van der Waals surface area (Å²) in [6.45, 7) is 1.40. The number of nitro groups is 1. The van der Waals surface area contributed by atoms with Crippen LogP contribution in [0.4, 0.5) is 11.5 Å². The van der Waals surface area contributed by atoms with Crippen molar-refractivity contribution in [1.29, 1.82) is 0 Å². The van der Waals surface area contributed by atoms with E-state index in [1.807, 2.05) is 0 Å². The molecule has 1 aromatic heterocycles. The lowest BCUT2D eigenvalue weighted by molar-refractivity contribution is -0.384. The highest BCUT2D eigenvalue weighted by Gasteiger charge is 2.14. The highest BCUT2D eigenvalue weighted by atomic mass is 35.5. The van der Waals surface area contributed by atoms with Crippen LogP contribution in [0, 0.1) is 10.1 Å². The topological polar surface area (TPSA) is 149 Å². The molecule has 2 aromatic rings. The molecule has 0 fully saturated rings. The summed E-state index contributed by atoms with van der Waals surface area (Å²) in [6.07, 6.45) is 0. The summed E-state index contributed by atoms with van der Waals surface area (Å²) in [4.78, 5) is 21.7. The smallest absolute Gasteiger partial charge is 0.277 e. The van der Waals surface area contributed by atoms with Crippen molar-refractivity contribution in [2.45, 2.75) is 6.54 Å². The van der Waals surface area contributed by atoms with Crippen LogP contribution in [0.25, 0.3) is 0 Å². The monoisotopic (exact) mass is 341 g/mol. The predicted molar refractivity (Wildman–Crippen MR) is 75.8 cm³/mol. The number of anilines is 1. The number of nitrogens with zero attached hydrogens (tertiary/aromatic N) is 3. The minimum atomic E-state index is -0.462. The van der Waals surface area contributed by atoms with E-state index in [1.165, 1.54) is 12.1 Å². The van der Waals surface area contributed by atoms with E-state index in [9.17, 15) is 14.9 Å². The molecule has 0 spiro atoms. The number of aromatic nitrogens is 2. The van der Waals surface area contributed by atoms with Gasteiger partial charge in [0.2, 0.25) is 11.5 Å². The van der Waals surface area contributed by atoms with Gasteiger partial charge in [-0.1, -0.05) is 12.1 Å². The van der Waals surface area contributed by atoms with Gasteiger partial charge < -0.3 is 28.8 Å². The summed E-state index contributed by atoms with van der Waals surface area (Å²) in [7, 11) is 0. The second kappa shape index (κ2) is 8.66. The zero-order valence-electron chi connectivity index (χ0n) is 11.9. The predicted octanol–water partition coefficient (Wildman–Crippen LogP) is -2.92. The number of hydrogen-bond acceptors (Lipinski definition) is 8. The number of nitrogen functional groups attached to an aromatic ring is 1. The van der Waals surface area contributed by atoms with Crippen LogP contribution in [0.2, 0.25) is 0 Å². The first-order valence-corrected chi connectivity index (χ1v) is 6.38. The number of rotatable bonds is 7. The second-order valence-electron chi connectivity index (χ2n) is 4.35. The molecule has 1 aromatic carbocycles. The number of non-ortho nitro benzene ring substituents is 1. The van der Waals surface area contributed by atoms with Gasteiger partial charge in [0.1, 0.15) is 0 Å². The maximum atomic E-state index is 11.6. The van der Waals surface area contributed by atoms with Crippen molar-refractivity contribution in [1.82, 2.24) is 20.9 Å². The Kier molecular flexibility index (Phi) is 6.90. The molecule has 0 bridgehead atoms. The number of nitro benzene ring substituents is 1. The van der Waals surface area contributed by atoms with Crippen molar-refractivity contribution in [3.63, 3.8) is 0 Å². The second-order valence-corrected chi connectivity index (χ2v) is 4.35. The van der Waals surface area contributed by atoms with E-state index >= 15 is 0 Å². The highest BCUT2D eigenvalue weighted by molar-refractivity contribution is 5.95. The van der Waals surface area contributed by atoms with E-state index in [4.69, 9.17) is 5.73 Å². The Morgan fingerprint density at radius 2 is 1.96 bits per heavy atom. The lowest BCUT2D eigenvalue weighted by Crippen LogP contribution is -3.00. The molecule has 0 saturated heterocycles. The van der Waals surface area contributed by atoms with Crippen LogP contribution in [-0.2, 0) is 6.54 Å². The zero-order valence-corrected chi connectivity index (χ0v) is 12.6. The number of halogens is 1. The summed E-state index contributed by atoms with van der Waals surface area (Å²) < 4.78 is 4.33. The molecule has 23 heavy (non-hydrogen) atoms. The number of benzene rings is 1. The van der Waals surface area contributed by atoms with E-state index < -0.39 is 10.8 Å². The summed E-state index contributed by atoms with van der Waals surface area (Å²) in [5.74, 6) is -0.521. The van der Waals surface area contributed by atoms with Gasteiger partial charge in [0, 0.05) is 31.8 Å². The van der Waals surface area contributed by atoms with Crippen LogP contribution in [0.1, 0.15) is 16.1 Å². The Morgan fingerprint density at radius 3 is 2.52 bits per heavy atom. The molecule has 0 aliphatic carbocycles. The number of carbonyl (C=O) groups is 1. The van der Waals surface area contributed by atoms with E-state index in [1.54, 1.807) is 12.1 Å². The average molecular weight is 342 g/mol. The minimum Gasteiger partial charge on any atom is -1.00 e. The molecule has 0 aliphatic rings. The Bertz CT molecular complexity index is 660. The van der Waals surface area contributed by atoms with Crippen molar-refractivity contribution >= 4 is 17.4 Å². The third-order valence-electron chi connectivity index (χ3n) is 2.79. The first kappa shape index (κ1) is 18.3. The van der Waals surface area contributed by atoms with Crippen molar-refractivity contribution < 1.29 is 26.8 Å². The van der Waals surface area contributed by atoms with Crippen molar-refractivity contribution in [2.24, 2.45) is 0 Å². The molecular formula is C12H14ClN6O4-. The van der Waals surface area contributed by atoms with E-state index in [-0.39, 0.29) is 29.6 Å². The van der Waals surface area contributed by atoms with Gasteiger partial charge in [0.25, 0.3) is 11.6 Å². The minimum absolute atomic E-state index is 0. The standard InChI is InChI=1S/C12H14N6O4.ClH/c13-11-10(16-22-17-11)12(19)15-6-5-14-7-8-1-3-9(4-2-8)18(20)21;/h1-4,14H,5-7H2,(H2,13,17)(H,15,19);1H/p-1. The van der Waals surface area contributed by atoms with Crippen LogP contribution >= 0.6 is 0 Å². The maximum absolute atomic E-state index is 11.6. The van der Waals surface area contributed by atoms with E-state index in [0.717, 1.165) is 5.56 Å². The van der Waals surface area contributed by atoms with E-state index in [2.05, 4.69) is 25.6 Å². The van der Waals surface area contributed by atoms with Gasteiger partial charge in [0.05, 0.1) is 4.92 Å². The molecule has 10 nitrogen and oxygen atoms in total. The lowest BCUT2D eigenvalue weighted by Gasteiger charge is -2.06. The number of nitrogens with two attached hydrogens (primary N) is 1. The Hall–Kier alpha value is -2.72. The zero-order chi connectivity index (χ0) is 15.9. The van der Waals surface area contributed by atoms with Gasteiger partial charge in [-0.05, 0) is 15.9 Å². The van der Waals surface area contributed by atoms with Gasteiger partial charge in [-0.3, -0.25) is 14.9 Å². The van der Waals surface area contributed by atoms with Crippen molar-refractivity contribution in [2.75, 3.05) is 18.8 Å². The molecule has 0 unspecified atom stereocenters. The molecule has 0 aliphatic heterocycles. The molecule has 124 valence electrons. The van der Waals surface area contributed by atoms with Gasteiger partial charge in [-0.15, -0.1) is 0 Å². The van der Waals surface area contributed by atoms with Crippen LogP contribution < -0.4 is 28.8 Å². The Morgan fingerprint density at radius 1 is 1.26 bits per heavy atom. The average Bonchev–Trinajstić information content (AvgIpc) is 2.93. The Labute approximate surface area is 136 Å². The van der Waals surface area contributed by atoms with Gasteiger partial charge in [0.15, 0.2) is 0 Å². The van der Waals surface area contributed by atoms with Gasteiger partial charge in [-0.2, -0.15) is 0 Å². The summed E-state index contributed by atoms with van der Waals surface area (Å²) in [5, 5.41) is 22.9. The fraction of sp³-hybridized carbons (Fsp3) is 0.250. The fourth-order valence-electron chi connectivity index (χ4n) is 1.67. The number of amides is 1. The largest absolute Gasteiger partial charge is 1.00 e. The first-order chi connectivity index (χ1) is 10.6. The van der Waals surface area contributed by atoms with Crippen LogP contribution in [0.15, 0.2) is 28.9 Å². The molecule has 1 heterocycles. The highest BCUT2D eigenvalue weighted by Crippen LogP contribution is 2.11. The molecule has 0 radical (unpaired) electrons. The molecule has 1 amide bonds. The van der Waals surface area contributed by atoms with Gasteiger partial charge >= 0.3 is 0 Å². The normalized spacial score (nSPS) is 9.91. The number of hydrogen-bond donors (Lipinski definition) is 3. The lowest BCUT2D eigenvalue weighted by atomic mass is 10.2. The third-order valence-corrected chi connectivity index (χ3v) is 2.79. The molecule has 11 heteroatoms. The summed E-state index contributed by atoms with van der Waals surface area (Å²) >= 11 is 0. The molecule has 4 N–H and O–H groups in total. The molecule has 0 saturated carbocycles. The maximum Gasteiger partial charge on any atom is 0.277 e. The van der Waals surface area contributed by atoms with Crippen LogP contribution in [-0.4, -0.2) is 34.2 Å². The molecule has 0 atom stereocenters. The first-order valence-electron chi connectivity index (χ1n) is 6.38. The SMILES string of the molecule is Nc1nonc1C(=O)NCCNCc1ccc([N+](=O)[O-])cc1.[Cl-]. The Balaban J connectivity index is 0.00000264. The third kappa shape index (κ3) is 5.20. The number of carbonyl (C=O) groups excluding carboxylic acids is 1. The molecular weight excluding hydrogens is 328 g/mol. The summed E-state index contributed by atoms with van der Waals surface area (Å²) in [6, 6.07) is 6.23. The van der Waals surface area contributed by atoms with Crippen molar-refractivity contribution in [3.05, 3.63) is 45.6 Å². The van der Waals surface area contributed by atoms with Crippen LogP contribution in [0.3, 0.4) is 0 Å². The summed E-state index contributed by atoms with van der Waals surface area (Å²) in [5.41, 5.74) is 6.30. The van der Waals surface area contributed by atoms with E-state index in [0.29, 0.717) is 19.6 Å². The number of nitrogens with one attached hydrogen (secondary N) is 2.